The molecule has 18 heavy (non-hydrogen) atoms. The lowest BCUT2D eigenvalue weighted by Crippen LogP contribution is -2.22. The van der Waals surface area contributed by atoms with Crippen molar-refractivity contribution in [2.75, 3.05) is 6.61 Å². The molecule has 0 atom stereocenters. The summed E-state index contributed by atoms with van der Waals surface area (Å²) in [5.41, 5.74) is 1.91. The summed E-state index contributed by atoms with van der Waals surface area (Å²) < 4.78 is 5.69. The highest BCUT2D eigenvalue weighted by Gasteiger charge is 2.11. The lowest BCUT2D eigenvalue weighted by Gasteiger charge is -2.15. The molecule has 0 saturated heterocycles. The van der Waals surface area contributed by atoms with E-state index in [1.54, 1.807) is 6.07 Å². The van der Waals surface area contributed by atoms with Gasteiger partial charge in [0.05, 0.1) is 5.02 Å². The first-order valence-electron chi connectivity index (χ1n) is 5.88. The van der Waals surface area contributed by atoms with E-state index in [4.69, 9.17) is 27.9 Å². The summed E-state index contributed by atoms with van der Waals surface area (Å²) in [6.45, 7) is 11.0. The van der Waals surface area contributed by atoms with E-state index < -0.39 is 0 Å². The van der Waals surface area contributed by atoms with Crippen molar-refractivity contribution in [2.45, 2.75) is 33.4 Å². The van der Waals surface area contributed by atoms with Gasteiger partial charge in [-0.1, -0.05) is 43.6 Å². The van der Waals surface area contributed by atoms with Crippen molar-refractivity contribution in [1.82, 2.24) is 5.32 Å². The van der Waals surface area contributed by atoms with Gasteiger partial charge in [-0.2, -0.15) is 0 Å². The second-order valence-electron chi connectivity index (χ2n) is 4.66. The Hall–Kier alpha value is -0.700. The van der Waals surface area contributed by atoms with Gasteiger partial charge in [0.2, 0.25) is 0 Å². The molecular weight excluding hydrogens is 269 g/mol. The number of hydrogen-bond acceptors (Lipinski definition) is 2. The van der Waals surface area contributed by atoms with E-state index in [0.717, 1.165) is 11.1 Å². The standard InChI is InChI=1S/C14H19Cl2NO/c1-9(2)8-18-14-11(7-17-10(3)4)5-12(15)6-13(14)16/h5-6,10,17H,1,7-8H2,2-4H3. The molecule has 4 heteroatoms. The number of ether oxygens (including phenoxy) is 1. The quantitative estimate of drug-likeness (QED) is 0.781. The summed E-state index contributed by atoms with van der Waals surface area (Å²) in [4.78, 5) is 0. The maximum atomic E-state index is 6.17. The van der Waals surface area contributed by atoms with Crippen LogP contribution >= 0.6 is 23.2 Å². The van der Waals surface area contributed by atoms with Crippen molar-refractivity contribution in [2.24, 2.45) is 0 Å². The van der Waals surface area contributed by atoms with E-state index in [9.17, 15) is 0 Å². The summed E-state index contributed by atoms with van der Waals surface area (Å²) in [5, 5.41) is 4.47. The molecule has 100 valence electrons. The SMILES string of the molecule is C=C(C)COc1c(Cl)cc(Cl)cc1CNC(C)C. The van der Waals surface area contributed by atoms with Gasteiger partial charge in [-0.15, -0.1) is 0 Å². The van der Waals surface area contributed by atoms with Crippen LogP contribution in [0.4, 0.5) is 0 Å². The smallest absolute Gasteiger partial charge is 0.142 e. The van der Waals surface area contributed by atoms with Crippen LogP contribution in [0, 0.1) is 0 Å². The lowest BCUT2D eigenvalue weighted by atomic mass is 10.2. The van der Waals surface area contributed by atoms with Crippen LogP contribution in [0.5, 0.6) is 5.75 Å². The van der Waals surface area contributed by atoms with Gasteiger partial charge in [-0.3, -0.25) is 0 Å². The molecule has 0 aliphatic heterocycles. The number of rotatable bonds is 6. The maximum absolute atomic E-state index is 6.17. The summed E-state index contributed by atoms with van der Waals surface area (Å²) in [6.07, 6.45) is 0. The minimum Gasteiger partial charge on any atom is -0.487 e. The molecule has 0 aliphatic carbocycles. The molecule has 2 nitrogen and oxygen atoms in total. The van der Waals surface area contributed by atoms with Gasteiger partial charge in [0, 0.05) is 23.2 Å². The molecule has 0 spiro atoms. The molecule has 1 aromatic carbocycles. The molecule has 0 aromatic heterocycles. The summed E-state index contributed by atoms with van der Waals surface area (Å²) in [6, 6.07) is 3.95. The Morgan fingerprint density at radius 2 is 2.06 bits per heavy atom. The molecule has 0 aliphatic rings. The molecule has 1 rings (SSSR count). The van der Waals surface area contributed by atoms with Gasteiger partial charge in [0.15, 0.2) is 0 Å². The van der Waals surface area contributed by atoms with Gasteiger partial charge in [0.25, 0.3) is 0 Å². The van der Waals surface area contributed by atoms with Gasteiger partial charge in [0.1, 0.15) is 12.4 Å². The van der Waals surface area contributed by atoms with Crippen molar-refractivity contribution >= 4 is 23.2 Å². The second kappa shape index (κ2) is 7.03. The fourth-order valence-corrected chi connectivity index (χ4v) is 2.01. The first-order chi connectivity index (χ1) is 8.40. The third-order valence-corrected chi connectivity index (χ3v) is 2.75. The first-order valence-corrected chi connectivity index (χ1v) is 6.64. The number of hydrogen-bond donors (Lipinski definition) is 1. The van der Waals surface area contributed by atoms with Crippen LogP contribution in [-0.2, 0) is 6.54 Å². The maximum Gasteiger partial charge on any atom is 0.142 e. The minimum absolute atomic E-state index is 0.386. The summed E-state index contributed by atoms with van der Waals surface area (Å²) in [5.74, 6) is 0.678. The van der Waals surface area contributed by atoms with Crippen molar-refractivity contribution in [1.29, 1.82) is 0 Å². The fourth-order valence-electron chi connectivity index (χ4n) is 1.42. The zero-order valence-electron chi connectivity index (χ0n) is 11.0. The third-order valence-electron chi connectivity index (χ3n) is 2.25. The molecule has 0 heterocycles. The summed E-state index contributed by atoms with van der Waals surface area (Å²) in [7, 11) is 0. The second-order valence-corrected chi connectivity index (χ2v) is 5.50. The highest BCUT2D eigenvalue weighted by atomic mass is 35.5. The highest BCUT2D eigenvalue weighted by Crippen LogP contribution is 2.32. The average Bonchev–Trinajstić information content (AvgIpc) is 2.24. The van der Waals surface area contributed by atoms with E-state index in [-0.39, 0.29) is 0 Å². The van der Waals surface area contributed by atoms with Crippen molar-refractivity contribution < 1.29 is 4.74 Å². The average molecular weight is 288 g/mol. The van der Waals surface area contributed by atoms with Crippen molar-refractivity contribution in [3.63, 3.8) is 0 Å². The van der Waals surface area contributed by atoms with Crippen LogP contribution in [0.1, 0.15) is 26.3 Å². The predicted molar refractivity (Wildman–Crippen MR) is 78.7 cm³/mol. The van der Waals surface area contributed by atoms with Gasteiger partial charge in [-0.05, 0) is 24.6 Å². The van der Waals surface area contributed by atoms with Crippen LogP contribution in [0.3, 0.4) is 0 Å². The van der Waals surface area contributed by atoms with E-state index >= 15 is 0 Å². The Morgan fingerprint density at radius 3 is 2.61 bits per heavy atom. The monoisotopic (exact) mass is 287 g/mol. The molecule has 0 amide bonds. The van der Waals surface area contributed by atoms with Crippen LogP contribution in [0.2, 0.25) is 10.0 Å². The van der Waals surface area contributed by atoms with E-state index in [2.05, 4.69) is 25.7 Å². The Bertz CT molecular complexity index is 430. The summed E-state index contributed by atoms with van der Waals surface area (Å²) >= 11 is 12.2. The number of halogens is 2. The van der Waals surface area contributed by atoms with Gasteiger partial charge >= 0.3 is 0 Å². The molecular formula is C14H19Cl2NO. The van der Waals surface area contributed by atoms with Crippen LogP contribution in [0.15, 0.2) is 24.3 Å². The molecule has 0 fully saturated rings. The number of benzene rings is 1. The van der Waals surface area contributed by atoms with Gasteiger partial charge < -0.3 is 10.1 Å². The normalized spacial score (nSPS) is 10.8. The molecule has 0 bridgehead atoms. The van der Waals surface area contributed by atoms with E-state index in [1.165, 1.54) is 0 Å². The van der Waals surface area contributed by atoms with Crippen LogP contribution in [0.25, 0.3) is 0 Å². The Morgan fingerprint density at radius 1 is 1.39 bits per heavy atom. The van der Waals surface area contributed by atoms with Crippen molar-refractivity contribution in [3.05, 3.63) is 39.9 Å². The topological polar surface area (TPSA) is 21.3 Å². The molecule has 0 saturated carbocycles. The predicted octanol–water partition coefficient (Wildman–Crippen LogP) is 4.45. The molecule has 0 radical (unpaired) electrons. The number of nitrogens with one attached hydrogen (secondary N) is 1. The molecule has 0 unspecified atom stereocenters. The zero-order chi connectivity index (χ0) is 13.7. The third kappa shape index (κ3) is 4.89. The lowest BCUT2D eigenvalue weighted by molar-refractivity contribution is 0.347. The molecule has 1 N–H and O–H groups in total. The highest BCUT2D eigenvalue weighted by molar-refractivity contribution is 6.35. The first kappa shape index (κ1) is 15.4. The largest absolute Gasteiger partial charge is 0.487 e. The zero-order valence-corrected chi connectivity index (χ0v) is 12.5. The minimum atomic E-state index is 0.386. The van der Waals surface area contributed by atoms with Crippen LogP contribution < -0.4 is 10.1 Å². The Kier molecular flexibility index (Phi) is 6.00. The van der Waals surface area contributed by atoms with E-state index in [1.807, 2.05) is 13.0 Å². The Balaban J connectivity index is 2.93. The fraction of sp³-hybridized carbons (Fsp3) is 0.429. The van der Waals surface area contributed by atoms with Gasteiger partial charge in [-0.25, -0.2) is 0 Å². The van der Waals surface area contributed by atoms with Crippen molar-refractivity contribution in [3.8, 4) is 5.75 Å². The van der Waals surface area contributed by atoms with E-state index in [0.29, 0.717) is 35.0 Å². The molecule has 1 aromatic rings. The Labute approximate surface area is 119 Å². The van der Waals surface area contributed by atoms with Crippen LogP contribution in [-0.4, -0.2) is 12.6 Å².